The van der Waals surface area contributed by atoms with Gasteiger partial charge in [-0.2, -0.15) is 0 Å². The maximum atomic E-state index is 13.0. The van der Waals surface area contributed by atoms with Crippen molar-refractivity contribution in [2.45, 2.75) is 110 Å². The van der Waals surface area contributed by atoms with Gasteiger partial charge in [0.1, 0.15) is 12.4 Å². The summed E-state index contributed by atoms with van der Waals surface area (Å²) in [5.41, 5.74) is 0.505. The van der Waals surface area contributed by atoms with Gasteiger partial charge in [0.05, 0.1) is 18.3 Å². The van der Waals surface area contributed by atoms with Crippen molar-refractivity contribution < 1.29 is 28.2 Å². The Balaban J connectivity index is 2.28. The van der Waals surface area contributed by atoms with Gasteiger partial charge in [0, 0.05) is 31.8 Å². The third-order valence-electron chi connectivity index (χ3n) is 7.54. The average Bonchev–Trinajstić information content (AvgIpc) is 2.75. The number of esters is 1. The average molecular weight is 493 g/mol. The van der Waals surface area contributed by atoms with E-state index in [1.54, 1.807) is 0 Å². The molecule has 0 radical (unpaired) electrons. The Labute approximate surface area is 206 Å². The van der Waals surface area contributed by atoms with Crippen LogP contribution in [0.25, 0.3) is 0 Å². The maximum absolute atomic E-state index is 13.0. The second-order valence-corrected chi connectivity index (χ2v) is 16.2. The van der Waals surface area contributed by atoms with E-state index in [1.165, 1.54) is 7.11 Å². The van der Waals surface area contributed by atoms with Gasteiger partial charge in [-0.15, -0.1) is 0 Å². The monoisotopic (exact) mass is 492 g/mol. The Morgan fingerprint density at radius 3 is 2.32 bits per heavy atom. The van der Waals surface area contributed by atoms with Crippen molar-refractivity contribution >= 4 is 20.1 Å². The van der Waals surface area contributed by atoms with E-state index in [4.69, 9.17) is 18.6 Å². The molecule has 0 unspecified atom stereocenters. The lowest BCUT2D eigenvalue weighted by molar-refractivity contribution is -0.209. The van der Waals surface area contributed by atoms with Crippen molar-refractivity contribution in [2.75, 3.05) is 7.11 Å². The van der Waals surface area contributed by atoms with Crippen LogP contribution in [0.1, 0.15) is 66.4 Å². The predicted molar refractivity (Wildman–Crippen MR) is 136 cm³/mol. The van der Waals surface area contributed by atoms with Gasteiger partial charge in [0.2, 0.25) is 0 Å². The molecule has 0 N–H and O–H groups in total. The number of ketones is 1. The molecule has 7 heteroatoms. The van der Waals surface area contributed by atoms with E-state index < -0.39 is 31.9 Å². The molecular weight excluding hydrogens is 448 g/mol. The molecule has 192 valence electrons. The fourth-order valence-electron chi connectivity index (χ4n) is 3.96. The summed E-state index contributed by atoms with van der Waals surface area (Å²) >= 11 is 0. The Bertz CT molecular complexity index is 814. The van der Waals surface area contributed by atoms with E-state index in [-0.39, 0.29) is 36.1 Å². The van der Waals surface area contributed by atoms with Gasteiger partial charge in [-0.1, -0.05) is 71.9 Å². The minimum absolute atomic E-state index is 0.0287. The smallest absolute Gasteiger partial charge is 0.338 e. The van der Waals surface area contributed by atoms with Crippen molar-refractivity contribution in [3.05, 3.63) is 35.9 Å². The Hall–Kier alpha value is -1.54. The highest BCUT2D eigenvalue weighted by Crippen LogP contribution is 2.46. The van der Waals surface area contributed by atoms with Gasteiger partial charge in [0.15, 0.2) is 14.4 Å². The van der Waals surface area contributed by atoms with Crippen molar-refractivity contribution in [1.29, 1.82) is 0 Å². The second-order valence-electron chi connectivity index (χ2n) is 11.4. The molecule has 4 atom stereocenters. The normalized spacial score (nSPS) is 23.9. The third-order valence-corrected chi connectivity index (χ3v) is 12.0. The zero-order valence-electron chi connectivity index (χ0n) is 22.5. The van der Waals surface area contributed by atoms with Crippen molar-refractivity contribution in [3.8, 4) is 0 Å². The first-order valence-corrected chi connectivity index (χ1v) is 15.2. The molecule has 1 aliphatic rings. The van der Waals surface area contributed by atoms with Crippen LogP contribution in [0, 0.1) is 5.41 Å². The SMILES string of the molecule is CCC(=O)C[C@H]1O[C@H]([C@H](OC)C(=O)OCc2ccccc2)C[C@@H](O[Si](C)(C)C(C)(C)C)C1(C)C. The molecular formula is C27H44O6Si. The Kier molecular flexibility index (Phi) is 9.67. The predicted octanol–water partition coefficient (Wildman–Crippen LogP) is 5.69. The molecule has 0 aromatic heterocycles. The molecule has 0 spiro atoms. The number of carbonyl (C=O) groups is 2. The Morgan fingerprint density at radius 2 is 1.79 bits per heavy atom. The van der Waals surface area contributed by atoms with E-state index in [0.29, 0.717) is 12.8 Å². The van der Waals surface area contributed by atoms with Crippen LogP contribution >= 0.6 is 0 Å². The van der Waals surface area contributed by atoms with Crippen LogP contribution in [-0.4, -0.2) is 51.6 Å². The van der Waals surface area contributed by atoms with Crippen LogP contribution in [0.5, 0.6) is 0 Å². The number of hydrogen-bond acceptors (Lipinski definition) is 6. The van der Waals surface area contributed by atoms with Gasteiger partial charge in [-0.05, 0) is 23.7 Å². The molecule has 34 heavy (non-hydrogen) atoms. The molecule has 1 fully saturated rings. The fourth-order valence-corrected chi connectivity index (χ4v) is 5.43. The largest absolute Gasteiger partial charge is 0.459 e. The number of rotatable bonds is 10. The number of benzene rings is 1. The quantitative estimate of drug-likeness (QED) is 0.309. The highest BCUT2D eigenvalue weighted by molar-refractivity contribution is 6.74. The van der Waals surface area contributed by atoms with Gasteiger partial charge < -0.3 is 18.6 Å². The van der Waals surface area contributed by atoms with Gasteiger partial charge in [-0.25, -0.2) is 4.79 Å². The topological polar surface area (TPSA) is 71.1 Å². The molecule has 0 aliphatic carbocycles. The van der Waals surface area contributed by atoms with Gasteiger partial charge in [0.25, 0.3) is 0 Å². The summed E-state index contributed by atoms with van der Waals surface area (Å²) in [6.07, 6.45) is -0.798. The van der Waals surface area contributed by atoms with E-state index in [0.717, 1.165) is 5.56 Å². The number of methoxy groups -OCH3 is 1. The van der Waals surface area contributed by atoms with Gasteiger partial charge in [-0.3, -0.25) is 4.79 Å². The summed E-state index contributed by atoms with van der Waals surface area (Å²) in [4.78, 5) is 25.4. The van der Waals surface area contributed by atoms with E-state index in [1.807, 2.05) is 37.3 Å². The second kappa shape index (κ2) is 11.5. The Morgan fingerprint density at radius 1 is 1.18 bits per heavy atom. The summed E-state index contributed by atoms with van der Waals surface area (Å²) in [5, 5.41) is 0.0287. The summed E-state index contributed by atoms with van der Waals surface area (Å²) < 4.78 is 24.5. The highest BCUT2D eigenvalue weighted by Gasteiger charge is 2.52. The number of carbonyl (C=O) groups excluding carboxylic acids is 2. The molecule has 2 rings (SSSR count). The van der Waals surface area contributed by atoms with Crippen molar-refractivity contribution in [1.82, 2.24) is 0 Å². The van der Waals surface area contributed by atoms with Crippen LogP contribution in [0.2, 0.25) is 18.1 Å². The lowest BCUT2D eigenvalue weighted by Gasteiger charge is -2.52. The summed E-state index contributed by atoms with van der Waals surface area (Å²) in [7, 11) is -0.624. The molecule has 0 amide bonds. The van der Waals surface area contributed by atoms with Gasteiger partial charge >= 0.3 is 5.97 Å². The number of ether oxygens (including phenoxy) is 3. The van der Waals surface area contributed by atoms with Crippen LogP contribution in [0.3, 0.4) is 0 Å². The molecule has 1 aromatic carbocycles. The zero-order valence-corrected chi connectivity index (χ0v) is 23.5. The summed E-state index contributed by atoms with van der Waals surface area (Å²) in [5.74, 6) is -0.340. The fraction of sp³-hybridized carbons (Fsp3) is 0.704. The molecule has 1 aliphatic heterocycles. The maximum Gasteiger partial charge on any atom is 0.338 e. The van der Waals surface area contributed by atoms with E-state index in [2.05, 4.69) is 47.7 Å². The van der Waals surface area contributed by atoms with Crippen LogP contribution in [-0.2, 0) is 34.8 Å². The number of hydrogen-bond donors (Lipinski definition) is 0. The summed E-state index contributed by atoms with van der Waals surface area (Å²) in [6, 6.07) is 9.54. The van der Waals surface area contributed by atoms with Crippen molar-refractivity contribution in [2.24, 2.45) is 5.41 Å². The lowest BCUT2D eigenvalue weighted by Crippen LogP contribution is -2.59. The van der Waals surface area contributed by atoms with Crippen LogP contribution in [0.15, 0.2) is 30.3 Å². The molecule has 0 saturated carbocycles. The van der Waals surface area contributed by atoms with E-state index >= 15 is 0 Å². The summed E-state index contributed by atoms with van der Waals surface area (Å²) in [6.45, 7) is 17.3. The molecule has 1 heterocycles. The highest BCUT2D eigenvalue weighted by atomic mass is 28.4. The molecule has 6 nitrogen and oxygen atoms in total. The molecule has 1 aromatic rings. The van der Waals surface area contributed by atoms with Crippen LogP contribution in [0.4, 0.5) is 0 Å². The standard InChI is InChI=1S/C27H44O6Si/c1-10-20(28)16-22-27(5,6)23(33-34(8,9)26(2,3)4)17-21(32-22)24(30-7)25(29)31-18-19-14-12-11-13-15-19/h11-15,21-24H,10,16-18H2,1-9H3/t21-,22+,23+,24-/m0/s1. The van der Waals surface area contributed by atoms with Crippen LogP contribution < -0.4 is 0 Å². The zero-order chi connectivity index (χ0) is 25.7. The molecule has 0 bridgehead atoms. The van der Waals surface area contributed by atoms with E-state index in [9.17, 15) is 9.59 Å². The minimum atomic E-state index is -2.12. The first kappa shape index (κ1) is 28.7. The first-order chi connectivity index (χ1) is 15.7. The first-order valence-electron chi connectivity index (χ1n) is 12.3. The molecule has 1 saturated heterocycles. The minimum Gasteiger partial charge on any atom is -0.459 e. The van der Waals surface area contributed by atoms with Crippen molar-refractivity contribution in [3.63, 3.8) is 0 Å². The lowest BCUT2D eigenvalue weighted by atomic mass is 9.73. The third kappa shape index (κ3) is 7.00. The number of Topliss-reactive ketones (excluding diaryl/α,β-unsaturated/α-hetero) is 1.